The fourth-order valence-electron chi connectivity index (χ4n) is 9.44. The number of thiazole rings is 1. The van der Waals surface area contributed by atoms with Crippen LogP contribution in [0.2, 0.25) is 5.02 Å². The van der Waals surface area contributed by atoms with Crippen LogP contribution >= 0.6 is 22.9 Å². The van der Waals surface area contributed by atoms with Gasteiger partial charge in [-0.05, 0) is 72.2 Å². The number of aliphatic hydroxyl groups excluding tert-OH is 1. The number of β-amino-alcohol motifs (C(OH)–C–C–N with tert-alkyl or cyclic N) is 1. The second kappa shape index (κ2) is 21.6. The van der Waals surface area contributed by atoms with Gasteiger partial charge in [-0.2, -0.15) is 5.26 Å². The Bertz CT molecular complexity index is 2410. The van der Waals surface area contributed by atoms with Crippen LogP contribution < -0.4 is 26.0 Å². The van der Waals surface area contributed by atoms with Gasteiger partial charge in [0.25, 0.3) is 5.91 Å². The predicted octanol–water partition coefficient (Wildman–Crippen LogP) is 7.53. The Hall–Kier alpha value is -5.53. The number of carbonyl (C=O) groups is 4. The molecule has 1 saturated carbocycles. The molecule has 67 heavy (non-hydrogen) atoms. The number of aliphatic hydroxyl groups is 1. The maximum atomic E-state index is 14.0. The summed E-state index contributed by atoms with van der Waals surface area (Å²) >= 11 is 7.83. The van der Waals surface area contributed by atoms with Crippen LogP contribution in [0.3, 0.4) is 0 Å². The van der Waals surface area contributed by atoms with E-state index in [2.05, 4.69) is 66.9 Å². The molecule has 2 fully saturated rings. The topological polar surface area (TPSA) is 195 Å². The van der Waals surface area contributed by atoms with Crippen molar-refractivity contribution in [3.63, 3.8) is 0 Å². The number of hydrogen-bond donors (Lipinski definition) is 5. The van der Waals surface area contributed by atoms with Crippen LogP contribution in [0.4, 0.5) is 5.69 Å². The van der Waals surface area contributed by atoms with Crippen LogP contribution in [-0.2, 0) is 32.1 Å². The highest BCUT2D eigenvalue weighted by molar-refractivity contribution is 7.13. The van der Waals surface area contributed by atoms with Crippen molar-refractivity contribution in [1.29, 1.82) is 5.26 Å². The molecule has 1 unspecified atom stereocenters. The molecule has 2 heterocycles. The number of amides is 4. The minimum atomic E-state index is -0.955. The molecule has 4 aromatic rings. The molecule has 2 aliphatic rings. The predicted molar refractivity (Wildman–Crippen MR) is 261 cm³/mol. The average Bonchev–Trinajstić information content (AvgIpc) is 3.94. The van der Waals surface area contributed by atoms with E-state index in [1.165, 1.54) is 4.90 Å². The lowest BCUT2D eigenvalue weighted by atomic mass is 9.49. The van der Waals surface area contributed by atoms with Gasteiger partial charge in [-0.25, -0.2) is 4.98 Å². The van der Waals surface area contributed by atoms with Gasteiger partial charge in [0.15, 0.2) is 0 Å². The highest BCUT2D eigenvalue weighted by atomic mass is 35.5. The number of hydrogen-bond acceptors (Lipinski definition) is 11. The molecule has 0 bridgehead atoms. The Balaban J connectivity index is 0.897. The summed E-state index contributed by atoms with van der Waals surface area (Å²) in [7, 11) is 0. The number of nitrogens with one attached hydrogen (secondary N) is 4. The number of halogens is 1. The molecular weight excluding hydrogens is 890 g/mol. The number of anilines is 1. The highest BCUT2D eigenvalue weighted by Gasteiger charge is 2.64. The number of carbonyl (C=O) groups excluding carboxylic acids is 4. The zero-order chi connectivity index (χ0) is 48.7. The van der Waals surface area contributed by atoms with E-state index in [0.717, 1.165) is 40.2 Å². The lowest BCUT2D eigenvalue weighted by Gasteiger charge is -2.63. The van der Waals surface area contributed by atoms with Gasteiger partial charge in [0.1, 0.15) is 36.6 Å². The Kier molecular flexibility index (Phi) is 16.4. The normalized spacial score (nSPS) is 19.9. The van der Waals surface area contributed by atoms with Gasteiger partial charge in [0.2, 0.25) is 17.7 Å². The Morgan fingerprint density at radius 1 is 1.01 bits per heavy atom. The van der Waals surface area contributed by atoms with E-state index in [0.29, 0.717) is 41.5 Å². The quantitative estimate of drug-likeness (QED) is 0.0587. The molecule has 4 amide bonds. The molecule has 16 heteroatoms. The van der Waals surface area contributed by atoms with Crippen molar-refractivity contribution >= 4 is 52.3 Å². The first kappa shape index (κ1) is 50.9. The number of rotatable bonds is 19. The third kappa shape index (κ3) is 12.1. The van der Waals surface area contributed by atoms with Gasteiger partial charge in [0.05, 0.1) is 32.8 Å². The first-order valence-corrected chi connectivity index (χ1v) is 24.2. The first-order chi connectivity index (χ1) is 31.7. The number of benzene rings is 3. The summed E-state index contributed by atoms with van der Waals surface area (Å²) in [6, 6.07) is 20.3. The van der Waals surface area contributed by atoms with E-state index in [1.54, 1.807) is 41.7 Å². The third-order valence-corrected chi connectivity index (χ3v) is 14.0. The molecule has 0 radical (unpaired) electrons. The number of likely N-dealkylation sites (tertiary alicyclic amines) is 1. The molecule has 3 atom stereocenters. The van der Waals surface area contributed by atoms with Gasteiger partial charge in [-0.15, -0.1) is 11.3 Å². The zero-order valence-corrected chi connectivity index (χ0v) is 41.3. The highest BCUT2D eigenvalue weighted by Crippen LogP contribution is 2.55. The minimum Gasteiger partial charge on any atom is -0.489 e. The van der Waals surface area contributed by atoms with Crippen molar-refractivity contribution < 1.29 is 33.8 Å². The Labute approximate surface area is 403 Å². The van der Waals surface area contributed by atoms with E-state index in [1.807, 2.05) is 62.7 Å². The van der Waals surface area contributed by atoms with Gasteiger partial charge in [-0.1, -0.05) is 91.3 Å². The van der Waals surface area contributed by atoms with Crippen LogP contribution in [0.5, 0.6) is 5.75 Å². The lowest BCUT2D eigenvalue weighted by molar-refractivity contribution is -0.164. The van der Waals surface area contributed by atoms with E-state index in [4.69, 9.17) is 21.1 Å². The monoisotopic (exact) mass is 953 g/mol. The average molecular weight is 955 g/mol. The number of nitrogens with zero attached hydrogens (tertiary/aromatic N) is 3. The van der Waals surface area contributed by atoms with Crippen molar-refractivity contribution in [3.05, 3.63) is 99.6 Å². The van der Waals surface area contributed by atoms with Crippen LogP contribution in [0, 0.1) is 27.6 Å². The molecule has 0 spiro atoms. The lowest BCUT2D eigenvalue weighted by Crippen LogP contribution is -2.74. The molecular formula is C51H64ClN7O7S. The summed E-state index contributed by atoms with van der Waals surface area (Å²) in [5.41, 5.74) is 5.18. The van der Waals surface area contributed by atoms with Gasteiger partial charge < -0.3 is 40.7 Å². The maximum Gasteiger partial charge on any atom is 0.251 e. The molecule has 1 saturated heterocycles. The van der Waals surface area contributed by atoms with Crippen molar-refractivity contribution in [2.24, 2.45) is 16.2 Å². The zero-order valence-electron chi connectivity index (χ0n) is 39.7. The summed E-state index contributed by atoms with van der Waals surface area (Å²) < 4.78 is 12.0. The Morgan fingerprint density at radius 3 is 2.36 bits per heavy atom. The van der Waals surface area contributed by atoms with Crippen LogP contribution in [0.25, 0.3) is 10.4 Å². The fourth-order valence-corrected chi connectivity index (χ4v) is 10.5. The smallest absolute Gasteiger partial charge is 0.251 e. The number of aromatic nitrogens is 1. The van der Waals surface area contributed by atoms with Gasteiger partial charge in [0, 0.05) is 66.9 Å². The van der Waals surface area contributed by atoms with E-state index < -0.39 is 35.4 Å². The van der Waals surface area contributed by atoms with Crippen LogP contribution in [0.15, 0.2) is 72.2 Å². The summed E-state index contributed by atoms with van der Waals surface area (Å²) in [6.07, 6.45) is 1.30. The molecule has 1 aliphatic heterocycles. The summed E-state index contributed by atoms with van der Waals surface area (Å²) in [5, 5.41) is 32.5. The largest absolute Gasteiger partial charge is 0.489 e. The first-order valence-electron chi connectivity index (χ1n) is 22.9. The summed E-state index contributed by atoms with van der Waals surface area (Å²) in [5.74, 6) is -0.850. The standard InChI is InChI=1S/C51H64ClN7O7S/c1-9-39-42(67-30-56-39)32-14-12-31(13-15-32)27-55-45(63)40-24-36(60)28-59(40)46(64)43(49(2,3)4)57-41(61)29-65-23-11-10-22-54-35-19-16-33(17-20-35)44(62)58-47-50(5,6)48(51(47,7)8)66-37-21-18-34(26-53)38(52)25-37/h12-21,25,30,36,40,43,47-48,54,60H,9-11,22-24,27-29H2,1-8H3,(H,55,63)(H,57,61)(H,58,62)/t36-,40+,43?,47?,48?/m1/s1. The molecule has 6 rings (SSSR count). The number of aryl methyl sites for hydroxylation is 1. The molecule has 5 N–H and O–H groups in total. The van der Waals surface area contributed by atoms with Gasteiger partial charge in [-0.3, -0.25) is 19.2 Å². The second-order valence-electron chi connectivity index (χ2n) is 19.7. The molecule has 1 aliphatic carbocycles. The summed E-state index contributed by atoms with van der Waals surface area (Å²) in [4.78, 5) is 60.9. The molecule has 3 aromatic carbocycles. The molecule has 358 valence electrons. The van der Waals surface area contributed by atoms with Crippen molar-refractivity contribution in [3.8, 4) is 22.3 Å². The number of ether oxygens (including phenoxy) is 2. The Morgan fingerprint density at radius 2 is 1.72 bits per heavy atom. The molecule has 1 aromatic heterocycles. The third-order valence-electron chi connectivity index (χ3n) is 12.8. The number of unbranched alkanes of at least 4 members (excludes halogenated alkanes) is 1. The van der Waals surface area contributed by atoms with E-state index in [-0.39, 0.29) is 60.9 Å². The van der Waals surface area contributed by atoms with Crippen LogP contribution in [-0.4, -0.2) is 95.3 Å². The van der Waals surface area contributed by atoms with E-state index >= 15 is 0 Å². The maximum absolute atomic E-state index is 14.0. The van der Waals surface area contributed by atoms with Gasteiger partial charge >= 0.3 is 0 Å². The minimum absolute atomic E-state index is 0.0127. The number of nitriles is 1. The van der Waals surface area contributed by atoms with Crippen molar-refractivity contribution in [2.45, 2.75) is 118 Å². The molecule has 14 nitrogen and oxygen atoms in total. The SMILES string of the molecule is CCc1ncsc1-c1ccc(CNC(=O)[C@@H]2C[C@@H](O)CN2C(=O)C(NC(=O)COCCCCNc2ccc(C(=O)NC3C(C)(C)C(Oc4ccc(C#N)c(Cl)c4)C3(C)C)cc2)C(C)(C)C)cc1. The van der Waals surface area contributed by atoms with Crippen molar-refractivity contribution in [1.82, 2.24) is 25.8 Å². The van der Waals surface area contributed by atoms with E-state index in [9.17, 15) is 29.5 Å². The fraction of sp³-hybridized carbons (Fsp3) is 0.490. The summed E-state index contributed by atoms with van der Waals surface area (Å²) in [6.45, 7) is 16.8. The van der Waals surface area contributed by atoms with Crippen LogP contribution in [0.1, 0.15) is 102 Å². The van der Waals surface area contributed by atoms with Crippen molar-refractivity contribution in [2.75, 3.05) is 31.6 Å². The second-order valence-corrected chi connectivity index (χ2v) is 21.0.